The summed E-state index contributed by atoms with van der Waals surface area (Å²) >= 11 is 0. The second kappa shape index (κ2) is 7.50. The molecule has 1 aromatic carbocycles. The summed E-state index contributed by atoms with van der Waals surface area (Å²) in [6.45, 7) is 6.51. The summed E-state index contributed by atoms with van der Waals surface area (Å²) in [5.74, 6) is 0. The number of nitrogens with zero attached hydrogens (tertiary/aromatic N) is 2. The van der Waals surface area contributed by atoms with Gasteiger partial charge in [0.05, 0.1) is 6.61 Å². The van der Waals surface area contributed by atoms with Gasteiger partial charge in [-0.3, -0.25) is 9.88 Å². The summed E-state index contributed by atoms with van der Waals surface area (Å²) in [7, 11) is 1.73. The lowest BCUT2D eigenvalue weighted by atomic mass is 9.99. The fourth-order valence-electron chi connectivity index (χ4n) is 2.82. The molecule has 0 spiro atoms. The first-order valence-electron chi connectivity index (χ1n) is 7.46. The van der Waals surface area contributed by atoms with Gasteiger partial charge in [-0.15, -0.1) is 0 Å². The summed E-state index contributed by atoms with van der Waals surface area (Å²) in [5, 5.41) is 2.38. The van der Waals surface area contributed by atoms with Crippen LogP contribution in [-0.4, -0.2) is 42.7 Å². The molecule has 1 unspecified atom stereocenters. The highest BCUT2D eigenvalue weighted by molar-refractivity contribution is 5.85. The van der Waals surface area contributed by atoms with Crippen LogP contribution in [0.1, 0.15) is 25.5 Å². The molecule has 0 radical (unpaired) electrons. The number of fused-ring (bicyclic) bond motifs is 1. The van der Waals surface area contributed by atoms with Gasteiger partial charge in [-0.1, -0.05) is 24.3 Å². The van der Waals surface area contributed by atoms with Crippen LogP contribution in [0.2, 0.25) is 0 Å². The molecule has 0 aliphatic rings. The zero-order chi connectivity index (χ0) is 15.2. The molecular formula is C17H25N3O. The van der Waals surface area contributed by atoms with E-state index in [0.717, 1.165) is 11.9 Å². The lowest BCUT2D eigenvalue weighted by Gasteiger charge is -2.34. The second-order valence-electron chi connectivity index (χ2n) is 5.53. The summed E-state index contributed by atoms with van der Waals surface area (Å²) in [4.78, 5) is 6.77. The zero-order valence-electron chi connectivity index (χ0n) is 13.1. The maximum atomic E-state index is 6.10. The van der Waals surface area contributed by atoms with Crippen LogP contribution in [0.5, 0.6) is 0 Å². The van der Waals surface area contributed by atoms with Crippen LogP contribution in [0.15, 0.2) is 36.7 Å². The number of rotatable bonds is 7. The molecule has 4 nitrogen and oxygen atoms in total. The average molecular weight is 287 g/mol. The van der Waals surface area contributed by atoms with Gasteiger partial charge in [0.1, 0.15) is 0 Å². The average Bonchev–Trinajstić information content (AvgIpc) is 2.51. The van der Waals surface area contributed by atoms with Crippen molar-refractivity contribution in [1.29, 1.82) is 0 Å². The number of methoxy groups -OCH3 is 1. The van der Waals surface area contributed by atoms with Crippen LogP contribution < -0.4 is 5.73 Å². The van der Waals surface area contributed by atoms with E-state index in [1.165, 1.54) is 10.9 Å². The van der Waals surface area contributed by atoms with E-state index < -0.39 is 0 Å². The molecular weight excluding hydrogens is 262 g/mol. The van der Waals surface area contributed by atoms with Crippen molar-refractivity contribution in [2.24, 2.45) is 5.73 Å². The Bertz CT molecular complexity index is 565. The molecule has 4 heteroatoms. The number of benzene rings is 1. The molecule has 0 bridgehead atoms. The fourth-order valence-corrected chi connectivity index (χ4v) is 2.82. The minimum atomic E-state index is 0.152. The van der Waals surface area contributed by atoms with Crippen molar-refractivity contribution in [1.82, 2.24) is 9.88 Å². The highest BCUT2D eigenvalue weighted by atomic mass is 16.5. The Hall–Kier alpha value is -1.49. The maximum absolute atomic E-state index is 6.10. The molecule has 0 aliphatic heterocycles. The lowest BCUT2D eigenvalue weighted by Crippen LogP contribution is -2.40. The number of hydrogen-bond donors (Lipinski definition) is 1. The predicted molar refractivity (Wildman–Crippen MR) is 87.3 cm³/mol. The summed E-state index contributed by atoms with van der Waals surface area (Å²) in [5.41, 5.74) is 7.29. The van der Waals surface area contributed by atoms with Crippen molar-refractivity contribution in [3.63, 3.8) is 0 Å². The van der Waals surface area contributed by atoms with E-state index >= 15 is 0 Å². The third-order valence-electron chi connectivity index (χ3n) is 3.90. The number of hydrogen-bond acceptors (Lipinski definition) is 4. The van der Waals surface area contributed by atoms with E-state index in [1.807, 2.05) is 18.5 Å². The topological polar surface area (TPSA) is 51.4 Å². The van der Waals surface area contributed by atoms with Crippen LogP contribution in [-0.2, 0) is 4.74 Å². The van der Waals surface area contributed by atoms with Crippen molar-refractivity contribution >= 4 is 10.8 Å². The molecule has 0 saturated heterocycles. The molecule has 1 atom stereocenters. The first-order valence-corrected chi connectivity index (χ1v) is 7.46. The fraction of sp³-hybridized carbons (Fsp3) is 0.471. The van der Waals surface area contributed by atoms with E-state index in [9.17, 15) is 0 Å². The van der Waals surface area contributed by atoms with Gasteiger partial charge in [-0.2, -0.15) is 0 Å². The molecule has 0 amide bonds. The number of aromatic nitrogens is 1. The Balaban J connectivity index is 2.42. The first kappa shape index (κ1) is 15.9. The van der Waals surface area contributed by atoms with E-state index in [4.69, 9.17) is 10.5 Å². The van der Waals surface area contributed by atoms with Gasteiger partial charge < -0.3 is 10.5 Å². The maximum Gasteiger partial charge on any atom is 0.0590 e. The number of nitrogens with two attached hydrogens (primary N) is 1. The molecule has 2 N–H and O–H groups in total. The molecule has 21 heavy (non-hydrogen) atoms. The molecule has 0 aliphatic carbocycles. The minimum Gasteiger partial charge on any atom is -0.383 e. The number of pyridine rings is 1. The third kappa shape index (κ3) is 3.59. The minimum absolute atomic E-state index is 0.152. The van der Waals surface area contributed by atoms with Gasteiger partial charge in [0.25, 0.3) is 0 Å². The van der Waals surface area contributed by atoms with Crippen molar-refractivity contribution in [2.45, 2.75) is 25.9 Å². The predicted octanol–water partition coefficient (Wildman–Crippen LogP) is 2.59. The highest BCUT2D eigenvalue weighted by Gasteiger charge is 2.23. The van der Waals surface area contributed by atoms with Crippen molar-refractivity contribution < 1.29 is 4.74 Å². The van der Waals surface area contributed by atoms with Crippen molar-refractivity contribution in [3.8, 4) is 0 Å². The Labute approximate surface area is 126 Å². The van der Waals surface area contributed by atoms with Crippen molar-refractivity contribution in [2.75, 3.05) is 26.8 Å². The summed E-state index contributed by atoms with van der Waals surface area (Å²) in [6, 6.07) is 8.88. The molecule has 114 valence electrons. The Morgan fingerprint density at radius 1 is 1.24 bits per heavy atom. The van der Waals surface area contributed by atoms with Crippen molar-refractivity contribution in [3.05, 3.63) is 42.2 Å². The van der Waals surface area contributed by atoms with E-state index in [-0.39, 0.29) is 6.04 Å². The highest BCUT2D eigenvalue weighted by Crippen LogP contribution is 2.28. The Kier molecular flexibility index (Phi) is 5.67. The number of ether oxygens (including phenoxy) is 1. The molecule has 2 aromatic rings. The standard InChI is InChI=1S/C17H25N3O/c1-13(2)20(8-9-21-3)17(10-18)16-12-19-11-14-6-4-5-7-15(14)16/h4-7,11-13,17H,8-10,18H2,1-3H3. The third-order valence-corrected chi connectivity index (χ3v) is 3.90. The lowest BCUT2D eigenvalue weighted by molar-refractivity contribution is 0.0983. The van der Waals surface area contributed by atoms with Crippen LogP contribution in [0.3, 0.4) is 0 Å². The Morgan fingerprint density at radius 3 is 2.67 bits per heavy atom. The molecule has 0 fully saturated rings. The first-order chi connectivity index (χ1) is 10.2. The van der Waals surface area contributed by atoms with Gasteiger partial charge in [0.15, 0.2) is 0 Å². The Morgan fingerprint density at radius 2 is 2.00 bits per heavy atom. The molecule has 0 saturated carbocycles. The van der Waals surface area contributed by atoms with Crippen LogP contribution in [0.25, 0.3) is 10.8 Å². The molecule has 2 rings (SSSR count). The summed E-state index contributed by atoms with van der Waals surface area (Å²) < 4.78 is 5.24. The van der Waals surface area contributed by atoms with Crippen LogP contribution in [0.4, 0.5) is 0 Å². The van der Waals surface area contributed by atoms with Gasteiger partial charge in [0.2, 0.25) is 0 Å². The van der Waals surface area contributed by atoms with Crippen LogP contribution in [0, 0.1) is 0 Å². The van der Waals surface area contributed by atoms with Crippen LogP contribution >= 0.6 is 0 Å². The molecule has 1 heterocycles. The second-order valence-corrected chi connectivity index (χ2v) is 5.53. The van der Waals surface area contributed by atoms with E-state index in [2.05, 4.69) is 41.9 Å². The smallest absolute Gasteiger partial charge is 0.0590 e. The summed E-state index contributed by atoms with van der Waals surface area (Å²) in [6.07, 6.45) is 3.85. The van der Waals surface area contributed by atoms with Gasteiger partial charge in [-0.25, -0.2) is 0 Å². The molecule has 1 aromatic heterocycles. The van der Waals surface area contributed by atoms with E-state index in [0.29, 0.717) is 19.2 Å². The monoisotopic (exact) mass is 287 g/mol. The normalized spacial score (nSPS) is 13.2. The zero-order valence-corrected chi connectivity index (χ0v) is 13.1. The van der Waals surface area contributed by atoms with Gasteiger partial charge >= 0.3 is 0 Å². The quantitative estimate of drug-likeness (QED) is 0.850. The van der Waals surface area contributed by atoms with Gasteiger partial charge in [0, 0.05) is 50.1 Å². The SMILES string of the molecule is COCCN(C(C)C)C(CN)c1cncc2ccccc12. The van der Waals surface area contributed by atoms with Gasteiger partial charge in [-0.05, 0) is 24.8 Å². The largest absolute Gasteiger partial charge is 0.383 e. The van der Waals surface area contributed by atoms with E-state index in [1.54, 1.807) is 7.11 Å².